The Kier molecular flexibility index (Phi) is 7.41. The summed E-state index contributed by atoms with van der Waals surface area (Å²) in [6, 6.07) is 13.2. The van der Waals surface area contributed by atoms with Crippen LogP contribution in [0.5, 0.6) is 28.9 Å². The summed E-state index contributed by atoms with van der Waals surface area (Å²) in [5.74, 6) is 2.46. The molecule has 36 heavy (non-hydrogen) atoms. The topological polar surface area (TPSA) is 135 Å². The summed E-state index contributed by atoms with van der Waals surface area (Å²) in [5, 5.41) is 12.8. The molecule has 0 unspecified atom stereocenters. The zero-order valence-corrected chi connectivity index (χ0v) is 20.9. The Bertz CT molecular complexity index is 1470. The minimum atomic E-state index is -3.87. The van der Waals surface area contributed by atoms with E-state index >= 15 is 0 Å². The van der Waals surface area contributed by atoms with Crippen LogP contribution in [-0.2, 0) is 10.0 Å². The lowest BCUT2D eigenvalue weighted by Crippen LogP contribution is -2.28. The number of ether oxygens (including phenoxy) is 5. The molecule has 0 saturated carbocycles. The number of nitrogens with one attached hydrogen (secondary N) is 1. The highest BCUT2D eigenvalue weighted by molar-refractivity contribution is 7.89. The van der Waals surface area contributed by atoms with Gasteiger partial charge in [-0.15, -0.1) is 15.3 Å². The van der Waals surface area contributed by atoms with Gasteiger partial charge in [0, 0.05) is 24.2 Å². The van der Waals surface area contributed by atoms with Crippen molar-refractivity contribution in [2.75, 3.05) is 41.6 Å². The van der Waals surface area contributed by atoms with Gasteiger partial charge in [-0.25, -0.2) is 13.1 Å². The predicted molar refractivity (Wildman–Crippen MR) is 130 cm³/mol. The van der Waals surface area contributed by atoms with Crippen molar-refractivity contribution in [3.05, 3.63) is 48.5 Å². The van der Waals surface area contributed by atoms with Crippen LogP contribution in [-0.4, -0.2) is 69.8 Å². The standard InChI is InChI=1S/C23H25N5O7S/c1-31-16-6-8-18(33-3)20(14-16)36(29,30)24-11-12-35-22-10-9-21-25-26-23(28(21)27-22)15-5-7-17(32-2)19(13-15)34-4/h5-10,13-14,24H,11-12H2,1-4H3. The van der Waals surface area contributed by atoms with Crippen molar-refractivity contribution >= 4 is 15.7 Å². The fourth-order valence-electron chi connectivity index (χ4n) is 3.41. The van der Waals surface area contributed by atoms with Crippen LogP contribution < -0.4 is 28.4 Å². The number of benzene rings is 2. The average molecular weight is 516 g/mol. The number of hydrogen-bond acceptors (Lipinski definition) is 10. The summed E-state index contributed by atoms with van der Waals surface area (Å²) in [6.07, 6.45) is 0. The van der Waals surface area contributed by atoms with Crippen LogP contribution in [0.15, 0.2) is 53.4 Å². The molecule has 0 aliphatic heterocycles. The number of nitrogens with zero attached hydrogens (tertiary/aromatic N) is 4. The van der Waals surface area contributed by atoms with E-state index in [1.54, 1.807) is 44.6 Å². The quantitative estimate of drug-likeness (QED) is 0.296. The van der Waals surface area contributed by atoms with Crippen molar-refractivity contribution in [3.63, 3.8) is 0 Å². The zero-order valence-electron chi connectivity index (χ0n) is 20.1. The van der Waals surface area contributed by atoms with Gasteiger partial charge < -0.3 is 23.7 Å². The molecular weight excluding hydrogens is 490 g/mol. The first-order chi connectivity index (χ1) is 17.4. The van der Waals surface area contributed by atoms with Gasteiger partial charge >= 0.3 is 0 Å². The Morgan fingerprint density at radius 3 is 2.31 bits per heavy atom. The summed E-state index contributed by atoms with van der Waals surface area (Å²) in [5.41, 5.74) is 1.22. The van der Waals surface area contributed by atoms with Crippen molar-refractivity contribution in [2.24, 2.45) is 0 Å². The van der Waals surface area contributed by atoms with Gasteiger partial charge in [0.1, 0.15) is 23.0 Å². The number of sulfonamides is 1. The third-order valence-electron chi connectivity index (χ3n) is 5.18. The molecule has 0 atom stereocenters. The van der Waals surface area contributed by atoms with Gasteiger partial charge in [0.25, 0.3) is 0 Å². The largest absolute Gasteiger partial charge is 0.497 e. The Balaban J connectivity index is 1.47. The van der Waals surface area contributed by atoms with Crippen molar-refractivity contribution in [1.29, 1.82) is 0 Å². The normalized spacial score (nSPS) is 11.3. The zero-order chi connectivity index (χ0) is 25.7. The van der Waals surface area contributed by atoms with E-state index in [1.165, 1.54) is 30.9 Å². The highest BCUT2D eigenvalue weighted by atomic mass is 32.2. The van der Waals surface area contributed by atoms with Crippen LogP contribution in [0.25, 0.3) is 17.0 Å². The van der Waals surface area contributed by atoms with E-state index in [1.807, 2.05) is 6.07 Å². The molecule has 2 aromatic heterocycles. The molecule has 1 N–H and O–H groups in total. The average Bonchev–Trinajstić information content (AvgIpc) is 3.33. The van der Waals surface area contributed by atoms with Gasteiger partial charge in [-0.2, -0.15) is 4.52 Å². The maximum atomic E-state index is 12.8. The molecule has 2 heterocycles. The Labute approximate surface area is 207 Å². The Morgan fingerprint density at radius 1 is 0.833 bits per heavy atom. The summed E-state index contributed by atoms with van der Waals surface area (Å²) in [4.78, 5) is -0.0343. The van der Waals surface area contributed by atoms with E-state index in [2.05, 4.69) is 20.0 Å². The van der Waals surface area contributed by atoms with E-state index in [-0.39, 0.29) is 29.7 Å². The minimum absolute atomic E-state index is 0.00682. The summed E-state index contributed by atoms with van der Waals surface area (Å²) in [7, 11) is 2.08. The lowest BCUT2D eigenvalue weighted by Gasteiger charge is -2.12. The maximum absolute atomic E-state index is 12.8. The third kappa shape index (κ3) is 5.11. The fraction of sp³-hybridized carbons (Fsp3) is 0.261. The molecule has 2 aromatic carbocycles. The Hall–Kier alpha value is -4.10. The summed E-state index contributed by atoms with van der Waals surface area (Å²) < 4.78 is 56.2. The van der Waals surface area contributed by atoms with Gasteiger partial charge in [-0.1, -0.05) is 0 Å². The van der Waals surface area contributed by atoms with Crippen LogP contribution in [0.2, 0.25) is 0 Å². The van der Waals surface area contributed by atoms with Crippen LogP contribution in [0.4, 0.5) is 0 Å². The van der Waals surface area contributed by atoms with Gasteiger partial charge in [-0.3, -0.25) is 0 Å². The van der Waals surface area contributed by atoms with Gasteiger partial charge in [0.2, 0.25) is 15.9 Å². The van der Waals surface area contributed by atoms with E-state index < -0.39 is 10.0 Å². The highest BCUT2D eigenvalue weighted by Crippen LogP contribution is 2.32. The molecule has 0 aliphatic carbocycles. The molecular formula is C23H25N5O7S. The van der Waals surface area contributed by atoms with E-state index in [4.69, 9.17) is 23.7 Å². The molecule has 12 nitrogen and oxygen atoms in total. The molecule has 4 rings (SSSR count). The minimum Gasteiger partial charge on any atom is -0.497 e. The second-order valence-electron chi connectivity index (χ2n) is 7.30. The van der Waals surface area contributed by atoms with Crippen molar-refractivity contribution in [1.82, 2.24) is 24.5 Å². The predicted octanol–water partition coefficient (Wildman–Crippen LogP) is 2.18. The molecule has 0 bridgehead atoms. The molecule has 190 valence electrons. The van der Waals surface area contributed by atoms with E-state index in [9.17, 15) is 8.42 Å². The number of hydrogen-bond donors (Lipinski definition) is 1. The van der Waals surface area contributed by atoms with Crippen LogP contribution in [0.3, 0.4) is 0 Å². The first kappa shape index (κ1) is 25.0. The first-order valence-electron chi connectivity index (χ1n) is 10.7. The smallest absolute Gasteiger partial charge is 0.244 e. The molecule has 0 fully saturated rings. The monoisotopic (exact) mass is 515 g/mol. The number of methoxy groups -OCH3 is 4. The molecule has 0 saturated heterocycles. The maximum Gasteiger partial charge on any atom is 0.244 e. The number of aromatic nitrogens is 4. The first-order valence-corrected chi connectivity index (χ1v) is 12.2. The van der Waals surface area contributed by atoms with Crippen molar-refractivity contribution in [3.8, 4) is 40.3 Å². The van der Waals surface area contributed by atoms with Crippen LogP contribution in [0, 0.1) is 0 Å². The second-order valence-corrected chi connectivity index (χ2v) is 9.03. The van der Waals surface area contributed by atoms with Gasteiger partial charge in [0.05, 0.1) is 28.4 Å². The molecule has 0 radical (unpaired) electrons. The van der Waals surface area contributed by atoms with E-state index in [0.717, 1.165) is 0 Å². The molecule has 0 aliphatic rings. The van der Waals surface area contributed by atoms with Crippen LogP contribution in [0.1, 0.15) is 0 Å². The highest BCUT2D eigenvalue weighted by Gasteiger charge is 2.20. The summed E-state index contributed by atoms with van der Waals surface area (Å²) >= 11 is 0. The lowest BCUT2D eigenvalue weighted by molar-refractivity contribution is 0.305. The second kappa shape index (κ2) is 10.7. The fourth-order valence-corrected chi connectivity index (χ4v) is 4.60. The molecule has 13 heteroatoms. The number of fused-ring (bicyclic) bond motifs is 1. The lowest BCUT2D eigenvalue weighted by atomic mass is 10.2. The number of rotatable bonds is 11. The van der Waals surface area contributed by atoms with Crippen LogP contribution >= 0.6 is 0 Å². The molecule has 0 spiro atoms. The molecule has 4 aromatic rings. The Morgan fingerprint density at radius 2 is 1.58 bits per heavy atom. The third-order valence-corrected chi connectivity index (χ3v) is 6.67. The molecule has 0 amide bonds. The van der Waals surface area contributed by atoms with E-state index in [0.29, 0.717) is 34.3 Å². The SMILES string of the molecule is COc1ccc(OC)c(S(=O)(=O)NCCOc2ccc3nnc(-c4ccc(OC)c(OC)c4)n3n2)c1. The van der Waals surface area contributed by atoms with Gasteiger partial charge in [0.15, 0.2) is 23.0 Å². The van der Waals surface area contributed by atoms with Crippen molar-refractivity contribution in [2.45, 2.75) is 4.90 Å². The van der Waals surface area contributed by atoms with Gasteiger partial charge in [-0.05, 0) is 36.4 Å². The van der Waals surface area contributed by atoms with Crippen molar-refractivity contribution < 1.29 is 32.1 Å². The summed E-state index contributed by atoms with van der Waals surface area (Å²) in [6.45, 7) is 0.0188.